The molecule has 0 aliphatic carbocycles. The van der Waals surface area contributed by atoms with E-state index in [-0.39, 0.29) is 6.04 Å². The molecular weight excluding hydrogens is 278 g/mol. The molecule has 3 rings (SSSR count). The highest BCUT2D eigenvalue weighted by atomic mass is 16.4. The van der Waals surface area contributed by atoms with Gasteiger partial charge in [-0.05, 0) is 26.0 Å². The second-order valence-electron chi connectivity index (χ2n) is 5.28. The van der Waals surface area contributed by atoms with Crippen molar-refractivity contribution in [1.29, 1.82) is 0 Å². The van der Waals surface area contributed by atoms with Gasteiger partial charge in [-0.2, -0.15) is 0 Å². The Hall–Kier alpha value is -2.47. The molecule has 3 aromatic rings. The molecule has 2 aromatic heterocycles. The van der Waals surface area contributed by atoms with Crippen molar-refractivity contribution < 1.29 is 4.42 Å². The number of aryl methyl sites for hydroxylation is 1. The molecule has 6 heteroatoms. The van der Waals surface area contributed by atoms with Gasteiger partial charge in [-0.25, -0.2) is 4.98 Å². The predicted molar refractivity (Wildman–Crippen MR) is 83.0 cm³/mol. The van der Waals surface area contributed by atoms with Crippen LogP contribution in [0.25, 0.3) is 11.5 Å². The lowest BCUT2D eigenvalue weighted by molar-refractivity contribution is 0.420. The average molecular weight is 297 g/mol. The van der Waals surface area contributed by atoms with Gasteiger partial charge in [0, 0.05) is 30.5 Å². The summed E-state index contributed by atoms with van der Waals surface area (Å²) in [4.78, 5) is 4.22. The molecule has 0 aliphatic rings. The van der Waals surface area contributed by atoms with Crippen LogP contribution in [0, 0.1) is 6.92 Å². The minimum atomic E-state index is 0.278. The first-order valence-electron chi connectivity index (χ1n) is 7.31. The summed E-state index contributed by atoms with van der Waals surface area (Å²) in [7, 11) is 0. The third kappa shape index (κ3) is 3.40. The zero-order chi connectivity index (χ0) is 15.4. The molecule has 0 bridgehead atoms. The van der Waals surface area contributed by atoms with Gasteiger partial charge in [-0.3, -0.25) is 0 Å². The van der Waals surface area contributed by atoms with E-state index < -0.39 is 0 Å². The van der Waals surface area contributed by atoms with E-state index in [1.165, 1.54) is 0 Å². The monoisotopic (exact) mass is 297 g/mol. The lowest BCUT2D eigenvalue weighted by Gasteiger charge is -2.14. The highest BCUT2D eigenvalue weighted by Crippen LogP contribution is 2.16. The molecule has 0 amide bonds. The maximum Gasteiger partial charge on any atom is 0.247 e. The fourth-order valence-corrected chi connectivity index (χ4v) is 2.24. The molecule has 0 radical (unpaired) electrons. The van der Waals surface area contributed by atoms with Gasteiger partial charge in [-0.15, -0.1) is 10.2 Å². The van der Waals surface area contributed by atoms with Crippen LogP contribution in [-0.4, -0.2) is 25.8 Å². The number of nitrogens with one attached hydrogen (secondary N) is 1. The van der Waals surface area contributed by atoms with Crippen LogP contribution in [0.3, 0.4) is 0 Å². The number of hydrogen-bond donors (Lipinski definition) is 1. The van der Waals surface area contributed by atoms with Crippen LogP contribution in [0.4, 0.5) is 0 Å². The summed E-state index contributed by atoms with van der Waals surface area (Å²) < 4.78 is 7.79. The molecule has 6 nitrogen and oxygen atoms in total. The quantitative estimate of drug-likeness (QED) is 0.756. The van der Waals surface area contributed by atoms with Gasteiger partial charge < -0.3 is 14.3 Å². The minimum absolute atomic E-state index is 0.278. The highest BCUT2D eigenvalue weighted by molar-refractivity contribution is 5.51. The van der Waals surface area contributed by atoms with Gasteiger partial charge in [-0.1, -0.05) is 18.2 Å². The molecule has 0 fully saturated rings. The first kappa shape index (κ1) is 14.5. The van der Waals surface area contributed by atoms with Crippen LogP contribution in [0.1, 0.15) is 18.6 Å². The average Bonchev–Trinajstić information content (AvgIpc) is 3.16. The summed E-state index contributed by atoms with van der Waals surface area (Å²) in [6.07, 6.45) is 3.79. The van der Waals surface area contributed by atoms with E-state index in [9.17, 15) is 0 Å². The summed E-state index contributed by atoms with van der Waals surface area (Å²) >= 11 is 0. The van der Waals surface area contributed by atoms with Crippen LogP contribution in [-0.2, 0) is 13.1 Å². The molecule has 1 N–H and O–H groups in total. The van der Waals surface area contributed by atoms with Gasteiger partial charge in [0.15, 0.2) is 0 Å². The molecule has 0 unspecified atom stereocenters. The number of imidazole rings is 1. The predicted octanol–water partition coefficient (Wildman–Crippen LogP) is 2.42. The Morgan fingerprint density at radius 1 is 1.23 bits per heavy atom. The van der Waals surface area contributed by atoms with E-state index in [1.807, 2.05) is 49.6 Å². The minimum Gasteiger partial charge on any atom is -0.419 e. The maximum atomic E-state index is 5.68. The molecular formula is C16H19N5O. The summed E-state index contributed by atoms with van der Waals surface area (Å²) in [6.45, 7) is 5.52. The van der Waals surface area contributed by atoms with Gasteiger partial charge in [0.05, 0.1) is 6.54 Å². The Morgan fingerprint density at radius 2 is 2.05 bits per heavy atom. The van der Waals surface area contributed by atoms with E-state index in [4.69, 9.17) is 4.42 Å². The number of rotatable bonds is 6. The Balaban J connectivity index is 1.56. The molecule has 114 valence electrons. The van der Waals surface area contributed by atoms with Crippen molar-refractivity contribution in [2.75, 3.05) is 0 Å². The number of benzene rings is 1. The lowest BCUT2D eigenvalue weighted by Crippen LogP contribution is -2.30. The normalized spacial score (nSPS) is 12.5. The molecule has 0 spiro atoms. The summed E-state index contributed by atoms with van der Waals surface area (Å²) in [5, 5.41) is 11.5. The Kier molecular flexibility index (Phi) is 4.29. The molecule has 0 saturated carbocycles. The van der Waals surface area contributed by atoms with Crippen molar-refractivity contribution in [2.24, 2.45) is 0 Å². The Bertz CT molecular complexity index is 719. The molecule has 1 aromatic carbocycles. The van der Waals surface area contributed by atoms with Crippen molar-refractivity contribution in [3.05, 3.63) is 54.4 Å². The topological polar surface area (TPSA) is 68.8 Å². The zero-order valence-electron chi connectivity index (χ0n) is 12.7. The molecule has 22 heavy (non-hydrogen) atoms. The lowest BCUT2D eigenvalue weighted by atomic mass is 10.2. The summed E-state index contributed by atoms with van der Waals surface area (Å²) in [5.74, 6) is 2.15. The molecule has 1 atom stereocenters. The number of aromatic nitrogens is 4. The number of nitrogens with zero attached hydrogens (tertiary/aromatic N) is 4. The van der Waals surface area contributed by atoms with Gasteiger partial charge >= 0.3 is 0 Å². The van der Waals surface area contributed by atoms with E-state index in [1.54, 1.807) is 0 Å². The van der Waals surface area contributed by atoms with Gasteiger partial charge in [0.2, 0.25) is 11.8 Å². The van der Waals surface area contributed by atoms with Crippen LogP contribution in [0.15, 0.2) is 47.1 Å². The first-order chi connectivity index (χ1) is 10.7. The first-order valence-corrected chi connectivity index (χ1v) is 7.31. The van der Waals surface area contributed by atoms with Crippen LogP contribution < -0.4 is 5.32 Å². The standard InChI is InChI=1S/C16H19N5O/c1-12(11-21-9-8-17-13(21)2)18-10-15-19-20-16(22-15)14-6-4-3-5-7-14/h3-9,12,18H,10-11H2,1-2H3/t12-/m0/s1. The van der Waals surface area contributed by atoms with Crippen molar-refractivity contribution >= 4 is 0 Å². The molecule has 2 heterocycles. The van der Waals surface area contributed by atoms with Crippen molar-refractivity contribution in [3.63, 3.8) is 0 Å². The second kappa shape index (κ2) is 6.53. The third-order valence-electron chi connectivity index (χ3n) is 3.48. The van der Waals surface area contributed by atoms with E-state index in [0.717, 1.165) is 17.9 Å². The van der Waals surface area contributed by atoms with Crippen LogP contribution in [0.5, 0.6) is 0 Å². The third-order valence-corrected chi connectivity index (χ3v) is 3.48. The van der Waals surface area contributed by atoms with E-state index >= 15 is 0 Å². The van der Waals surface area contributed by atoms with Crippen molar-refractivity contribution in [1.82, 2.24) is 25.1 Å². The molecule has 0 aliphatic heterocycles. The van der Waals surface area contributed by atoms with Crippen molar-refractivity contribution in [3.8, 4) is 11.5 Å². The van der Waals surface area contributed by atoms with Gasteiger partial charge in [0.1, 0.15) is 5.82 Å². The zero-order valence-corrected chi connectivity index (χ0v) is 12.7. The van der Waals surface area contributed by atoms with Crippen LogP contribution in [0.2, 0.25) is 0 Å². The van der Waals surface area contributed by atoms with E-state index in [0.29, 0.717) is 18.3 Å². The summed E-state index contributed by atoms with van der Waals surface area (Å²) in [6, 6.07) is 10.0. The fourth-order valence-electron chi connectivity index (χ4n) is 2.24. The second-order valence-corrected chi connectivity index (χ2v) is 5.28. The Morgan fingerprint density at radius 3 is 2.77 bits per heavy atom. The van der Waals surface area contributed by atoms with Crippen molar-refractivity contribution in [2.45, 2.75) is 33.0 Å². The number of hydrogen-bond acceptors (Lipinski definition) is 5. The SMILES string of the molecule is Cc1nccn1C[C@H](C)NCc1nnc(-c2ccccc2)o1. The van der Waals surface area contributed by atoms with E-state index in [2.05, 4.69) is 32.0 Å². The summed E-state index contributed by atoms with van der Waals surface area (Å²) in [5.41, 5.74) is 0.934. The highest BCUT2D eigenvalue weighted by Gasteiger charge is 2.10. The molecule has 0 saturated heterocycles. The van der Waals surface area contributed by atoms with Gasteiger partial charge in [0.25, 0.3) is 0 Å². The smallest absolute Gasteiger partial charge is 0.247 e. The maximum absolute atomic E-state index is 5.68. The fraction of sp³-hybridized carbons (Fsp3) is 0.312. The Labute approximate surface area is 129 Å². The van der Waals surface area contributed by atoms with Crippen LogP contribution >= 0.6 is 0 Å². The largest absolute Gasteiger partial charge is 0.419 e.